The Hall–Kier alpha value is -0.0500. The van der Waals surface area contributed by atoms with Gasteiger partial charge in [-0.05, 0) is 23.8 Å². The Kier molecular flexibility index (Phi) is 7.24. The number of hydrogen-bond acceptors (Lipinski definition) is 3. The first kappa shape index (κ1) is 13.9. The molecule has 0 aliphatic carbocycles. The van der Waals surface area contributed by atoms with Crippen LogP contribution in [0.3, 0.4) is 0 Å². The van der Waals surface area contributed by atoms with Crippen molar-refractivity contribution in [1.29, 1.82) is 0 Å². The van der Waals surface area contributed by atoms with Crippen molar-refractivity contribution in [2.45, 2.75) is 19.3 Å². The van der Waals surface area contributed by atoms with Gasteiger partial charge in [0.15, 0.2) is 0 Å². The molecule has 0 amide bonds. The molecule has 14 heavy (non-hydrogen) atoms. The Morgan fingerprint density at radius 1 is 1.43 bits per heavy atom. The molecule has 0 rings (SSSR count). The zero-order valence-electron chi connectivity index (χ0n) is 7.83. The van der Waals surface area contributed by atoms with Crippen molar-refractivity contribution in [3.63, 3.8) is 0 Å². The van der Waals surface area contributed by atoms with Crippen molar-refractivity contribution in [2.24, 2.45) is 0 Å². The molecule has 0 heterocycles. The van der Waals surface area contributed by atoms with Crippen LogP contribution in [0.25, 0.3) is 0 Å². The smallest absolute Gasteiger partial charge is 0.321 e. The molecule has 82 valence electrons. The Bertz CT molecular complexity index is 234. The zero-order chi connectivity index (χ0) is 11.0. The molecular weight excluding hydrogens is 226 g/mol. The maximum atomic E-state index is 10.9. The maximum absolute atomic E-state index is 10.9. The van der Waals surface area contributed by atoms with Crippen LogP contribution in [0, 0.1) is 0 Å². The minimum atomic E-state index is -4.21. The van der Waals surface area contributed by atoms with Gasteiger partial charge in [-0.1, -0.05) is 6.08 Å². The molecule has 0 bridgehead atoms. The fourth-order valence-corrected chi connectivity index (χ4v) is 2.61. The van der Waals surface area contributed by atoms with E-state index in [1.807, 2.05) is 0 Å². The third kappa shape index (κ3) is 10.0. The summed E-state index contributed by atoms with van der Waals surface area (Å²) in [4.78, 5) is 16.9. The largest absolute Gasteiger partial charge is 0.521 e. The molecule has 0 saturated heterocycles. The van der Waals surface area contributed by atoms with Crippen LogP contribution >= 0.6 is 15.6 Å². The Morgan fingerprint density at radius 2 is 2.07 bits per heavy atom. The monoisotopic (exact) mass is 241 g/mol. The standard InChI is InChI=1S/C7H14O5P2/c1-2-3-4-5-6-12-13(8)7-14(9,10)11/h2H,1,3-7H2,(H-,9,10,11)/p+1. The summed E-state index contributed by atoms with van der Waals surface area (Å²) < 4.78 is 26.0. The number of hydrogen-bond donors (Lipinski definition) is 2. The van der Waals surface area contributed by atoms with Crippen molar-refractivity contribution in [1.82, 2.24) is 0 Å². The molecule has 0 aliphatic heterocycles. The van der Waals surface area contributed by atoms with Crippen LogP contribution in [-0.2, 0) is 13.7 Å². The minimum absolute atomic E-state index is 0.267. The molecule has 0 aromatic heterocycles. The third-order valence-corrected chi connectivity index (χ3v) is 4.21. The van der Waals surface area contributed by atoms with E-state index in [9.17, 15) is 9.13 Å². The van der Waals surface area contributed by atoms with E-state index in [1.165, 1.54) is 0 Å². The molecule has 5 nitrogen and oxygen atoms in total. The molecule has 1 atom stereocenters. The van der Waals surface area contributed by atoms with E-state index in [4.69, 9.17) is 14.3 Å². The average molecular weight is 241 g/mol. The van der Waals surface area contributed by atoms with E-state index in [0.29, 0.717) is 6.42 Å². The molecule has 7 heteroatoms. The van der Waals surface area contributed by atoms with Crippen LogP contribution in [0.2, 0.25) is 0 Å². The lowest BCUT2D eigenvalue weighted by Crippen LogP contribution is -1.89. The van der Waals surface area contributed by atoms with Crippen LogP contribution in [-0.4, -0.2) is 22.3 Å². The van der Waals surface area contributed by atoms with Crippen LogP contribution in [0.5, 0.6) is 0 Å². The van der Waals surface area contributed by atoms with Crippen LogP contribution in [0.15, 0.2) is 12.7 Å². The molecule has 0 saturated carbocycles. The van der Waals surface area contributed by atoms with E-state index >= 15 is 0 Å². The van der Waals surface area contributed by atoms with Gasteiger partial charge in [-0.3, -0.25) is 4.57 Å². The van der Waals surface area contributed by atoms with Crippen molar-refractivity contribution in [3.8, 4) is 0 Å². The molecule has 0 radical (unpaired) electrons. The van der Waals surface area contributed by atoms with Gasteiger partial charge in [0.05, 0.1) is 0 Å². The molecule has 0 aromatic rings. The van der Waals surface area contributed by atoms with Crippen molar-refractivity contribution in [2.75, 3.05) is 12.5 Å². The molecule has 1 unspecified atom stereocenters. The summed E-state index contributed by atoms with van der Waals surface area (Å²) in [5, 5.41) is 0. The highest BCUT2D eigenvalue weighted by Gasteiger charge is 2.30. The molecule has 0 aromatic carbocycles. The quantitative estimate of drug-likeness (QED) is 0.386. The van der Waals surface area contributed by atoms with Gasteiger partial charge in [0.25, 0.3) is 5.90 Å². The molecule has 2 N–H and O–H groups in total. The summed E-state index contributed by atoms with van der Waals surface area (Å²) in [6, 6.07) is 0. The van der Waals surface area contributed by atoms with Gasteiger partial charge in [0, 0.05) is 0 Å². The Labute approximate surface area is 84.2 Å². The lowest BCUT2D eigenvalue weighted by atomic mass is 10.2. The lowest BCUT2D eigenvalue weighted by Gasteiger charge is -1.94. The summed E-state index contributed by atoms with van der Waals surface area (Å²) in [6.07, 6.45) is 4.23. The number of unbranched alkanes of at least 4 members (excludes halogenated alkanes) is 2. The third-order valence-electron chi connectivity index (χ3n) is 1.34. The highest BCUT2D eigenvalue weighted by Crippen LogP contribution is 2.45. The molecule has 0 fully saturated rings. The van der Waals surface area contributed by atoms with E-state index in [-0.39, 0.29) is 6.61 Å². The first-order chi connectivity index (χ1) is 6.45. The van der Waals surface area contributed by atoms with Crippen molar-refractivity contribution >= 4 is 15.6 Å². The average Bonchev–Trinajstić information content (AvgIpc) is 2.00. The summed E-state index contributed by atoms with van der Waals surface area (Å²) >= 11 is 0. The van der Waals surface area contributed by atoms with Gasteiger partial charge < -0.3 is 9.79 Å². The first-order valence-electron chi connectivity index (χ1n) is 4.19. The topological polar surface area (TPSA) is 83.8 Å². The van der Waals surface area contributed by atoms with Crippen LogP contribution < -0.4 is 0 Å². The second-order valence-electron chi connectivity index (χ2n) is 2.76. The van der Waals surface area contributed by atoms with Crippen molar-refractivity contribution < 1.29 is 23.4 Å². The number of allylic oxidation sites excluding steroid dienone is 1. The second-order valence-corrected chi connectivity index (χ2v) is 6.14. The molecule has 0 spiro atoms. The summed E-state index contributed by atoms with van der Waals surface area (Å²) in [5.41, 5.74) is 0. The summed E-state index contributed by atoms with van der Waals surface area (Å²) in [6.45, 7) is 3.81. The predicted molar refractivity (Wildman–Crippen MR) is 54.5 cm³/mol. The zero-order valence-corrected chi connectivity index (χ0v) is 9.62. The second kappa shape index (κ2) is 7.27. The highest BCUT2D eigenvalue weighted by molar-refractivity contribution is 7.64. The highest BCUT2D eigenvalue weighted by atomic mass is 31.2. The lowest BCUT2D eigenvalue weighted by molar-refractivity contribution is 0.318. The Balaban J connectivity index is 3.45. The molecular formula is C7H15O5P2+. The predicted octanol–water partition coefficient (Wildman–Crippen LogP) is 2.24. The van der Waals surface area contributed by atoms with Gasteiger partial charge >= 0.3 is 15.6 Å². The molecule has 0 aliphatic rings. The van der Waals surface area contributed by atoms with Gasteiger partial charge in [0.2, 0.25) is 0 Å². The normalized spacial score (nSPS) is 12.6. The fraction of sp³-hybridized carbons (Fsp3) is 0.714. The fourth-order valence-electron chi connectivity index (χ4n) is 0.748. The summed E-state index contributed by atoms with van der Waals surface area (Å²) in [5.74, 6) is -0.691. The van der Waals surface area contributed by atoms with Crippen LogP contribution in [0.4, 0.5) is 0 Å². The van der Waals surface area contributed by atoms with E-state index in [1.54, 1.807) is 6.08 Å². The Morgan fingerprint density at radius 3 is 2.57 bits per heavy atom. The van der Waals surface area contributed by atoms with Gasteiger partial charge in [-0.15, -0.1) is 11.1 Å². The maximum Gasteiger partial charge on any atom is 0.521 e. The van der Waals surface area contributed by atoms with E-state index < -0.39 is 21.5 Å². The minimum Gasteiger partial charge on any atom is -0.321 e. The van der Waals surface area contributed by atoms with Gasteiger partial charge in [-0.2, -0.15) is 0 Å². The van der Waals surface area contributed by atoms with Gasteiger partial charge in [0.1, 0.15) is 6.61 Å². The first-order valence-corrected chi connectivity index (χ1v) is 7.35. The number of rotatable bonds is 8. The SMILES string of the molecule is C=CCCCCO[P+](=O)CP(=O)(O)O. The van der Waals surface area contributed by atoms with E-state index in [2.05, 4.69) is 6.58 Å². The van der Waals surface area contributed by atoms with Gasteiger partial charge in [-0.25, -0.2) is 0 Å². The van der Waals surface area contributed by atoms with E-state index in [0.717, 1.165) is 12.8 Å². The van der Waals surface area contributed by atoms with Crippen molar-refractivity contribution in [3.05, 3.63) is 12.7 Å². The summed E-state index contributed by atoms with van der Waals surface area (Å²) in [7, 11) is -6.44. The van der Waals surface area contributed by atoms with Crippen LogP contribution in [0.1, 0.15) is 19.3 Å².